The summed E-state index contributed by atoms with van der Waals surface area (Å²) in [6.45, 7) is 18.6. The van der Waals surface area contributed by atoms with E-state index in [9.17, 15) is 0 Å². The van der Waals surface area contributed by atoms with Crippen molar-refractivity contribution in [3.8, 4) is 0 Å². The molecule has 0 saturated carbocycles. The van der Waals surface area contributed by atoms with E-state index < -0.39 is 0 Å². The van der Waals surface area contributed by atoms with Gasteiger partial charge < -0.3 is 6.15 Å². The van der Waals surface area contributed by atoms with Gasteiger partial charge in [-0.05, 0) is 23.7 Å². The first-order valence-electron chi connectivity index (χ1n) is 12.1. The third-order valence-corrected chi connectivity index (χ3v) is 5.06. The van der Waals surface area contributed by atoms with Crippen molar-refractivity contribution >= 4 is 0 Å². The number of rotatable bonds is 14. The van der Waals surface area contributed by atoms with Crippen LogP contribution in [-0.2, 0) is 0 Å². The van der Waals surface area contributed by atoms with E-state index in [4.69, 9.17) is 0 Å². The summed E-state index contributed by atoms with van der Waals surface area (Å²) in [7, 11) is 0. The summed E-state index contributed by atoms with van der Waals surface area (Å²) in [6, 6.07) is 0. The molecule has 0 aliphatic rings. The quantitative estimate of drug-likeness (QED) is 0.212. The van der Waals surface area contributed by atoms with Crippen LogP contribution in [0.5, 0.6) is 0 Å². The summed E-state index contributed by atoms with van der Waals surface area (Å²) in [4.78, 5) is 0. The van der Waals surface area contributed by atoms with Crippen molar-refractivity contribution in [2.75, 3.05) is 0 Å². The molecule has 0 atom stereocenters. The second kappa shape index (κ2) is 23.8. The van der Waals surface area contributed by atoms with Crippen molar-refractivity contribution < 1.29 is 18.9 Å². The number of nitrogens with two attached hydrogens (primary N) is 1. The van der Waals surface area contributed by atoms with Crippen LogP contribution in [0.4, 0.5) is 0 Å². The first-order chi connectivity index (χ1) is 12.1. The smallest absolute Gasteiger partial charge is 0.693 e. The molecule has 0 aromatic carbocycles. The molecule has 28 heavy (non-hydrogen) atoms. The van der Waals surface area contributed by atoms with Crippen LogP contribution in [0.1, 0.15) is 158 Å². The van der Waals surface area contributed by atoms with Gasteiger partial charge in [0.15, 0.2) is 0 Å². The van der Waals surface area contributed by atoms with Crippen molar-refractivity contribution in [3.05, 3.63) is 6.15 Å². The van der Waals surface area contributed by atoms with E-state index in [1.165, 1.54) is 103 Å². The number of hydrogen-bond acceptors (Lipinski definition) is 0. The standard InChI is InChI=1S/2C13H28.Li.H2N/c2*1-5-6-7-8-9-10-11-12-13(2,3)4;;/h2*5-12H2,1-4H3;;1H2/q;;+1;-1. The molecule has 0 heterocycles. The Morgan fingerprint density at radius 1 is 0.393 bits per heavy atom. The number of hydrogen-bond donors (Lipinski definition) is 0. The van der Waals surface area contributed by atoms with E-state index in [1.54, 1.807) is 0 Å². The predicted molar refractivity (Wildman–Crippen MR) is 129 cm³/mol. The molecule has 0 rings (SSSR count). The van der Waals surface area contributed by atoms with Gasteiger partial charge in [0.1, 0.15) is 0 Å². The minimum atomic E-state index is 0. The maximum Gasteiger partial charge on any atom is 1.00 e. The Morgan fingerprint density at radius 3 is 0.821 bits per heavy atom. The molecule has 2 heteroatoms. The maximum absolute atomic E-state index is 2.34. The third kappa shape index (κ3) is 41.0. The van der Waals surface area contributed by atoms with Crippen molar-refractivity contribution in [2.45, 2.75) is 158 Å². The second-order valence-electron chi connectivity index (χ2n) is 10.9. The van der Waals surface area contributed by atoms with Crippen molar-refractivity contribution in [3.63, 3.8) is 0 Å². The zero-order chi connectivity index (χ0) is 20.3. The monoisotopic (exact) mass is 391 g/mol. The Hall–Kier alpha value is 0.557. The van der Waals surface area contributed by atoms with Crippen LogP contribution >= 0.6 is 0 Å². The average molecular weight is 392 g/mol. The van der Waals surface area contributed by atoms with Crippen molar-refractivity contribution in [1.82, 2.24) is 0 Å². The van der Waals surface area contributed by atoms with Gasteiger partial charge in [0.05, 0.1) is 0 Å². The van der Waals surface area contributed by atoms with E-state index >= 15 is 0 Å². The van der Waals surface area contributed by atoms with Gasteiger partial charge in [-0.2, -0.15) is 0 Å². The summed E-state index contributed by atoms with van der Waals surface area (Å²) in [5, 5.41) is 0. The van der Waals surface area contributed by atoms with E-state index in [0.717, 1.165) is 0 Å². The van der Waals surface area contributed by atoms with E-state index in [2.05, 4.69) is 55.4 Å². The van der Waals surface area contributed by atoms with Gasteiger partial charge in [-0.15, -0.1) is 0 Å². The number of unbranched alkanes of at least 4 members (excludes halogenated alkanes) is 12. The normalized spacial score (nSPS) is 11.1. The molecule has 0 saturated heterocycles. The Morgan fingerprint density at radius 2 is 0.607 bits per heavy atom. The van der Waals surface area contributed by atoms with Crippen LogP contribution in [0, 0.1) is 10.8 Å². The van der Waals surface area contributed by atoms with Crippen LogP contribution in [-0.4, -0.2) is 0 Å². The van der Waals surface area contributed by atoms with Gasteiger partial charge in [-0.1, -0.05) is 145 Å². The van der Waals surface area contributed by atoms with Gasteiger partial charge in [-0.3, -0.25) is 0 Å². The molecule has 0 bridgehead atoms. The topological polar surface area (TPSA) is 33.5 Å². The third-order valence-electron chi connectivity index (χ3n) is 5.06. The van der Waals surface area contributed by atoms with Crippen molar-refractivity contribution in [1.29, 1.82) is 0 Å². The van der Waals surface area contributed by atoms with E-state index in [1.807, 2.05) is 0 Å². The molecule has 0 spiro atoms. The van der Waals surface area contributed by atoms with Crippen LogP contribution < -0.4 is 18.9 Å². The molecule has 0 unspecified atom stereocenters. The molecule has 0 aliphatic heterocycles. The molecule has 168 valence electrons. The van der Waals surface area contributed by atoms with Crippen LogP contribution in [0.3, 0.4) is 0 Å². The van der Waals surface area contributed by atoms with Gasteiger partial charge in [0, 0.05) is 0 Å². The Kier molecular flexibility index (Phi) is 30.6. The summed E-state index contributed by atoms with van der Waals surface area (Å²) < 4.78 is 0. The van der Waals surface area contributed by atoms with E-state index in [0.29, 0.717) is 10.8 Å². The van der Waals surface area contributed by atoms with E-state index in [-0.39, 0.29) is 25.0 Å². The fraction of sp³-hybridized carbons (Fsp3) is 1.00. The molecule has 2 N–H and O–H groups in total. The molecular weight excluding hydrogens is 333 g/mol. The molecule has 0 aromatic rings. The van der Waals surface area contributed by atoms with Crippen molar-refractivity contribution in [2.24, 2.45) is 10.8 Å². The maximum atomic E-state index is 2.34. The fourth-order valence-electron chi connectivity index (χ4n) is 3.22. The Labute approximate surface area is 193 Å². The SMILES string of the molecule is CCCCCCCCCC(C)(C)C.CCCCCCCCCC(C)(C)C.[Li+].[NH2-]. The molecule has 1 nitrogen and oxygen atoms in total. The molecule has 0 fully saturated rings. The van der Waals surface area contributed by atoms with Gasteiger partial charge in [0.25, 0.3) is 0 Å². The van der Waals surface area contributed by atoms with Crippen LogP contribution in [0.25, 0.3) is 6.15 Å². The molecule has 0 amide bonds. The Bertz CT molecular complexity index is 235. The predicted octanol–water partition coefficient (Wildman–Crippen LogP) is 8.07. The summed E-state index contributed by atoms with van der Waals surface area (Å²) in [6.07, 6.45) is 22.8. The molecule has 0 aliphatic carbocycles. The summed E-state index contributed by atoms with van der Waals surface area (Å²) in [5.41, 5.74) is 1.09. The van der Waals surface area contributed by atoms with Crippen LogP contribution in [0.15, 0.2) is 0 Å². The second-order valence-corrected chi connectivity index (χ2v) is 10.9. The largest absolute Gasteiger partial charge is 1.00 e. The average Bonchev–Trinajstić information content (AvgIpc) is 2.52. The first kappa shape index (κ1) is 36.0. The van der Waals surface area contributed by atoms with Gasteiger partial charge >= 0.3 is 18.9 Å². The van der Waals surface area contributed by atoms with Crippen LogP contribution in [0.2, 0.25) is 0 Å². The summed E-state index contributed by atoms with van der Waals surface area (Å²) in [5.74, 6) is 0. The fourth-order valence-corrected chi connectivity index (χ4v) is 3.22. The minimum absolute atomic E-state index is 0. The summed E-state index contributed by atoms with van der Waals surface area (Å²) >= 11 is 0. The minimum Gasteiger partial charge on any atom is -0.693 e. The molecular formula is C26H58LiN. The molecule has 0 radical (unpaired) electrons. The Balaban J connectivity index is -0.000000192. The first-order valence-corrected chi connectivity index (χ1v) is 12.1. The zero-order valence-corrected chi connectivity index (χ0v) is 21.9. The van der Waals surface area contributed by atoms with Gasteiger partial charge in [0.2, 0.25) is 0 Å². The molecule has 0 aromatic heterocycles. The zero-order valence-electron chi connectivity index (χ0n) is 21.9. The van der Waals surface area contributed by atoms with Gasteiger partial charge in [-0.25, -0.2) is 0 Å².